The van der Waals surface area contributed by atoms with Gasteiger partial charge >= 0.3 is 0 Å². The van der Waals surface area contributed by atoms with Crippen molar-refractivity contribution >= 4 is 20.0 Å². The third-order valence-electron chi connectivity index (χ3n) is 0.986. The van der Waals surface area contributed by atoms with Gasteiger partial charge in [-0.25, -0.2) is 16.8 Å². The SMILES string of the molecule is C=CS(=O)(=O)NCNS(=O)(=O)C=C. The van der Waals surface area contributed by atoms with Crippen molar-refractivity contribution in [2.45, 2.75) is 0 Å². The normalized spacial score (nSPS) is 12.3. The Labute approximate surface area is 77.4 Å². The second kappa shape index (κ2) is 4.51. The van der Waals surface area contributed by atoms with Gasteiger partial charge in [-0.2, -0.15) is 9.44 Å². The van der Waals surface area contributed by atoms with Gasteiger partial charge in [0.15, 0.2) is 0 Å². The van der Waals surface area contributed by atoms with Crippen LogP contribution in [-0.4, -0.2) is 23.5 Å². The van der Waals surface area contributed by atoms with E-state index >= 15 is 0 Å². The van der Waals surface area contributed by atoms with E-state index in [-0.39, 0.29) is 0 Å². The summed E-state index contributed by atoms with van der Waals surface area (Å²) in [5, 5.41) is 1.35. The minimum Gasteiger partial charge on any atom is -0.208 e. The molecule has 0 aliphatic heterocycles. The first kappa shape index (κ1) is 12.3. The van der Waals surface area contributed by atoms with Gasteiger partial charge in [0.2, 0.25) is 20.0 Å². The van der Waals surface area contributed by atoms with Gasteiger partial charge < -0.3 is 0 Å². The zero-order valence-corrected chi connectivity index (χ0v) is 8.36. The van der Waals surface area contributed by atoms with E-state index in [4.69, 9.17) is 0 Å². The first-order valence-electron chi connectivity index (χ1n) is 3.07. The highest BCUT2D eigenvalue weighted by molar-refractivity contribution is 7.93. The summed E-state index contributed by atoms with van der Waals surface area (Å²) >= 11 is 0. The lowest BCUT2D eigenvalue weighted by Crippen LogP contribution is -2.35. The highest BCUT2D eigenvalue weighted by atomic mass is 32.2. The van der Waals surface area contributed by atoms with E-state index in [0.717, 1.165) is 0 Å². The van der Waals surface area contributed by atoms with E-state index in [9.17, 15) is 16.8 Å². The molecule has 13 heavy (non-hydrogen) atoms. The van der Waals surface area contributed by atoms with Crippen LogP contribution in [0.1, 0.15) is 0 Å². The van der Waals surface area contributed by atoms with E-state index in [1.54, 1.807) is 0 Å². The Hall–Kier alpha value is -0.700. The summed E-state index contributed by atoms with van der Waals surface area (Å²) in [6, 6.07) is 0. The number of hydrogen-bond acceptors (Lipinski definition) is 4. The summed E-state index contributed by atoms with van der Waals surface area (Å²) in [5.74, 6) is 0. The smallest absolute Gasteiger partial charge is 0.208 e. The molecule has 0 saturated carbocycles. The van der Waals surface area contributed by atoms with Gasteiger partial charge in [-0.05, 0) is 0 Å². The topological polar surface area (TPSA) is 92.3 Å². The molecule has 0 aromatic rings. The summed E-state index contributed by atoms with van der Waals surface area (Å²) in [4.78, 5) is 0. The van der Waals surface area contributed by atoms with Crippen molar-refractivity contribution in [3.05, 3.63) is 24.0 Å². The molecule has 0 atom stereocenters. The van der Waals surface area contributed by atoms with Crippen LogP contribution in [0.2, 0.25) is 0 Å². The molecule has 76 valence electrons. The minimum atomic E-state index is -3.60. The largest absolute Gasteiger partial charge is 0.234 e. The van der Waals surface area contributed by atoms with Crippen molar-refractivity contribution in [1.82, 2.24) is 9.44 Å². The molecule has 0 heterocycles. The predicted octanol–water partition coefficient (Wildman–Crippen LogP) is -0.930. The summed E-state index contributed by atoms with van der Waals surface area (Å²) in [5.41, 5.74) is 0. The van der Waals surface area contributed by atoms with Gasteiger partial charge in [-0.15, -0.1) is 0 Å². The Morgan fingerprint density at radius 3 is 1.46 bits per heavy atom. The lowest BCUT2D eigenvalue weighted by molar-refractivity contribution is 0.579. The van der Waals surface area contributed by atoms with Crippen LogP contribution in [0, 0.1) is 0 Å². The molecular weight excluding hydrogens is 216 g/mol. The van der Waals surface area contributed by atoms with Gasteiger partial charge in [0.25, 0.3) is 0 Å². The fourth-order valence-corrected chi connectivity index (χ4v) is 1.22. The number of hydrogen-bond donors (Lipinski definition) is 2. The summed E-state index contributed by atoms with van der Waals surface area (Å²) in [6.07, 6.45) is 0. The van der Waals surface area contributed by atoms with E-state index in [0.29, 0.717) is 10.8 Å². The molecule has 0 unspecified atom stereocenters. The molecule has 0 fully saturated rings. The van der Waals surface area contributed by atoms with E-state index in [1.807, 2.05) is 9.44 Å². The molecule has 0 spiro atoms. The van der Waals surface area contributed by atoms with Gasteiger partial charge in [-0.1, -0.05) is 13.2 Å². The molecule has 0 rings (SSSR count). The van der Waals surface area contributed by atoms with Gasteiger partial charge in [0.1, 0.15) is 0 Å². The Morgan fingerprint density at radius 1 is 0.923 bits per heavy atom. The first-order chi connectivity index (χ1) is 5.83. The molecule has 0 aromatic carbocycles. The van der Waals surface area contributed by atoms with Crippen molar-refractivity contribution in [3.63, 3.8) is 0 Å². The van der Waals surface area contributed by atoms with E-state index in [2.05, 4.69) is 13.2 Å². The molecule has 0 aliphatic carbocycles. The first-order valence-corrected chi connectivity index (χ1v) is 6.16. The summed E-state index contributed by atoms with van der Waals surface area (Å²) in [6.45, 7) is 5.61. The minimum absolute atomic E-state index is 0.428. The number of rotatable bonds is 6. The molecule has 0 bridgehead atoms. The number of nitrogens with one attached hydrogen (secondary N) is 2. The fourth-order valence-electron chi connectivity index (χ4n) is 0.348. The van der Waals surface area contributed by atoms with Gasteiger partial charge in [0, 0.05) is 10.8 Å². The average molecular weight is 226 g/mol. The van der Waals surface area contributed by atoms with Crippen LogP contribution in [0.4, 0.5) is 0 Å². The Kier molecular flexibility index (Phi) is 4.27. The molecule has 0 aromatic heterocycles. The van der Waals surface area contributed by atoms with Crippen LogP contribution >= 0.6 is 0 Å². The highest BCUT2D eigenvalue weighted by Crippen LogP contribution is 1.84. The Morgan fingerprint density at radius 2 is 1.23 bits per heavy atom. The van der Waals surface area contributed by atoms with Gasteiger partial charge in [-0.3, -0.25) is 0 Å². The molecular formula is C5H10N2O4S2. The quantitative estimate of drug-likeness (QED) is 0.572. The van der Waals surface area contributed by atoms with E-state index < -0.39 is 26.7 Å². The zero-order chi connectivity index (χ0) is 10.5. The van der Waals surface area contributed by atoms with Crippen LogP contribution in [0.15, 0.2) is 24.0 Å². The van der Waals surface area contributed by atoms with Crippen molar-refractivity contribution < 1.29 is 16.8 Å². The van der Waals surface area contributed by atoms with Crippen LogP contribution < -0.4 is 9.44 Å². The van der Waals surface area contributed by atoms with Crippen molar-refractivity contribution in [1.29, 1.82) is 0 Å². The molecule has 0 radical (unpaired) electrons. The third kappa shape index (κ3) is 5.53. The standard InChI is InChI=1S/C5H10N2O4S2/c1-3-12(8,9)6-5-7-13(10,11)4-2/h3-4,6-7H,1-2,5H2. The lowest BCUT2D eigenvalue weighted by Gasteiger charge is -2.02. The maximum atomic E-state index is 10.7. The molecule has 2 N–H and O–H groups in total. The Balaban J connectivity index is 4.11. The number of sulfonamides is 2. The molecule has 8 heteroatoms. The maximum absolute atomic E-state index is 10.7. The van der Waals surface area contributed by atoms with Crippen LogP contribution in [-0.2, 0) is 20.0 Å². The summed E-state index contributed by atoms with van der Waals surface area (Å²) < 4.78 is 46.6. The van der Waals surface area contributed by atoms with Crippen LogP contribution in [0.3, 0.4) is 0 Å². The molecule has 0 aliphatic rings. The summed E-state index contributed by atoms with van der Waals surface area (Å²) in [7, 11) is -7.19. The Bertz CT molecular complexity index is 343. The zero-order valence-electron chi connectivity index (χ0n) is 6.73. The second-order valence-corrected chi connectivity index (χ2v) is 5.31. The van der Waals surface area contributed by atoms with Gasteiger partial charge in [0.05, 0.1) is 6.67 Å². The van der Waals surface area contributed by atoms with Crippen molar-refractivity contribution in [2.75, 3.05) is 6.67 Å². The molecule has 0 amide bonds. The maximum Gasteiger partial charge on any atom is 0.234 e. The van der Waals surface area contributed by atoms with Crippen LogP contribution in [0.25, 0.3) is 0 Å². The molecule has 6 nitrogen and oxygen atoms in total. The average Bonchev–Trinajstić information content (AvgIpc) is 2.04. The fraction of sp³-hybridized carbons (Fsp3) is 0.200. The third-order valence-corrected chi connectivity index (χ3v) is 2.96. The lowest BCUT2D eigenvalue weighted by atomic mass is 11.3. The monoisotopic (exact) mass is 226 g/mol. The van der Waals surface area contributed by atoms with E-state index in [1.165, 1.54) is 0 Å². The van der Waals surface area contributed by atoms with Crippen molar-refractivity contribution in [2.24, 2.45) is 0 Å². The molecule has 0 saturated heterocycles. The predicted molar refractivity (Wildman–Crippen MR) is 49.4 cm³/mol. The van der Waals surface area contributed by atoms with Crippen molar-refractivity contribution in [3.8, 4) is 0 Å². The highest BCUT2D eigenvalue weighted by Gasteiger charge is 2.06. The van der Waals surface area contributed by atoms with Crippen LogP contribution in [0.5, 0.6) is 0 Å². The second-order valence-electron chi connectivity index (χ2n) is 1.89.